The number of nitrogens with two attached hydrogens (primary N) is 1. The minimum Gasteiger partial charge on any atom is -0.494 e. The van der Waals surface area contributed by atoms with Crippen molar-refractivity contribution in [2.75, 3.05) is 61.9 Å². The smallest absolute Gasteiger partial charge is 0.259 e. The van der Waals surface area contributed by atoms with Crippen LogP contribution in [0, 0.1) is 17.7 Å². The first-order valence-electron chi connectivity index (χ1n) is 21.8. The van der Waals surface area contributed by atoms with Crippen molar-refractivity contribution in [1.82, 2.24) is 34.9 Å². The Balaban J connectivity index is 0.677. The molecule has 16 heteroatoms. The van der Waals surface area contributed by atoms with Crippen LogP contribution in [0.15, 0.2) is 79.1 Å². The summed E-state index contributed by atoms with van der Waals surface area (Å²) in [4.78, 5) is 56.6. The number of aromatic nitrogens is 4. The topological polar surface area (TPSA) is 164 Å². The first-order valence-corrected chi connectivity index (χ1v) is 21.8. The lowest BCUT2D eigenvalue weighted by Crippen LogP contribution is -2.69. The summed E-state index contributed by atoms with van der Waals surface area (Å²) in [5.41, 5.74) is 11.2. The number of carbonyl (C=O) groups excluding carboxylic acids is 3. The van der Waals surface area contributed by atoms with E-state index in [0.29, 0.717) is 53.2 Å². The number of hydrogen-bond acceptors (Lipinski definition) is 12. The molecule has 3 unspecified atom stereocenters. The van der Waals surface area contributed by atoms with Gasteiger partial charge in [-0.1, -0.05) is 18.2 Å². The average molecular weight is 849 g/mol. The second-order valence-corrected chi connectivity index (χ2v) is 17.9. The normalized spacial score (nSPS) is 24.0. The average Bonchev–Trinajstić information content (AvgIpc) is 4.01. The van der Waals surface area contributed by atoms with E-state index in [0.717, 1.165) is 90.9 Å². The van der Waals surface area contributed by atoms with Gasteiger partial charge < -0.3 is 20.1 Å². The number of anilines is 3. The van der Waals surface area contributed by atoms with E-state index in [1.165, 1.54) is 13.4 Å². The number of nitrogens with one attached hydrogen (secondary N) is 1. The Morgan fingerprint density at radius 3 is 2.27 bits per heavy atom. The Labute approximate surface area is 361 Å². The monoisotopic (exact) mass is 848 g/mol. The number of ether oxygens (including phenoxy) is 2. The molecule has 5 fully saturated rings. The molecule has 320 valence electrons. The third-order valence-electron chi connectivity index (χ3n) is 14.5. The van der Waals surface area contributed by atoms with Gasteiger partial charge in [-0.2, -0.15) is 9.49 Å². The molecule has 0 radical (unpaired) electrons. The zero-order valence-electron chi connectivity index (χ0n) is 34.6. The third-order valence-corrected chi connectivity index (χ3v) is 14.5. The van der Waals surface area contributed by atoms with Crippen LogP contribution in [0.25, 0.3) is 33.1 Å². The van der Waals surface area contributed by atoms with E-state index in [1.807, 2.05) is 30.3 Å². The van der Waals surface area contributed by atoms with Gasteiger partial charge in [0.25, 0.3) is 5.91 Å². The second kappa shape index (κ2) is 14.5. The molecule has 6 aromatic rings. The van der Waals surface area contributed by atoms with E-state index >= 15 is 0 Å². The highest BCUT2D eigenvalue weighted by molar-refractivity contribution is 6.28. The van der Waals surface area contributed by atoms with Gasteiger partial charge in [-0.25, -0.2) is 14.6 Å². The highest BCUT2D eigenvalue weighted by Crippen LogP contribution is 2.48. The molecule has 5 aliphatic heterocycles. The van der Waals surface area contributed by atoms with Crippen LogP contribution in [0.1, 0.15) is 42.1 Å². The molecule has 2 aromatic heterocycles. The fourth-order valence-electron chi connectivity index (χ4n) is 11.2. The van der Waals surface area contributed by atoms with E-state index in [9.17, 15) is 18.8 Å². The summed E-state index contributed by atoms with van der Waals surface area (Å²) in [7, 11) is 1.42. The lowest BCUT2D eigenvalue weighted by Gasteiger charge is -2.54. The van der Waals surface area contributed by atoms with Crippen molar-refractivity contribution < 1.29 is 28.2 Å². The number of nitrogen functional groups attached to an aromatic ring is 1. The van der Waals surface area contributed by atoms with Crippen molar-refractivity contribution in [2.24, 2.45) is 11.8 Å². The van der Waals surface area contributed by atoms with Crippen LogP contribution in [0.2, 0.25) is 0 Å². The summed E-state index contributed by atoms with van der Waals surface area (Å²) in [5.74, 6) is 0.771. The number of methoxy groups -OCH3 is 1. The maximum absolute atomic E-state index is 14.8. The van der Waals surface area contributed by atoms with Crippen molar-refractivity contribution in [1.29, 1.82) is 0 Å². The molecule has 4 saturated heterocycles. The lowest BCUT2D eigenvalue weighted by molar-refractivity contribution is -0.134. The van der Waals surface area contributed by atoms with Crippen molar-refractivity contribution in [3.63, 3.8) is 0 Å². The van der Waals surface area contributed by atoms with Crippen molar-refractivity contribution >= 4 is 56.7 Å². The van der Waals surface area contributed by atoms with Gasteiger partial charge in [-0.15, -0.1) is 0 Å². The van der Waals surface area contributed by atoms with E-state index in [2.05, 4.69) is 46.8 Å². The molecule has 3 atom stereocenters. The summed E-state index contributed by atoms with van der Waals surface area (Å²) in [6, 6.07) is 22.6. The Hall–Kier alpha value is -6.65. The van der Waals surface area contributed by atoms with E-state index < -0.39 is 17.8 Å². The molecule has 12 rings (SSSR count). The molecule has 63 heavy (non-hydrogen) atoms. The quantitative estimate of drug-likeness (QED) is 0.179. The molecule has 3 amide bonds. The minimum absolute atomic E-state index is 0.0789. The first kappa shape index (κ1) is 38.1. The molecule has 1 aliphatic carbocycles. The third kappa shape index (κ3) is 6.05. The number of rotatable bonds is 9. The Morgan fingerprint density at radius 1 is 0.778 bits per heavy atom. The number of imide groups is 1. The standard InChI is InChI=1S/C47H45FN10O5/c1-62-37-6-3-7-38(42(37)48)63-31-10-8-25(9-11-31)43-41-44(49)50-24-51-45(41)58(53-43)28-16-26-18-54(19-27(26)17-28)29-20-55(21-29)30-22-56(23-30)34-13-12-33-40-32(34)4-2-5-35(40)57(47(33)61)36-14-15-39(59)52-46(36)60/h2-13,24,26-30,36H,14-23H2,1H3,(H2,49,50,51)(H,52,59,60). The zero-order valence-corrected chi connectivity index (χ0v) is 34.6. The van der Waals surface area contributed by atoms with Gasteiger partial charge >= 0.3 is 0 Å². The number of fused-ring (bicyclic) bond motifs is 2. The number of hydrogen-bond donors (Lipinski definition) is 2. The Kier molecular flexibility index (Phi) is 8.73. The molecule has 7 heterocycles. The van der Waals surface area contributed by atoms with Crippen molar-refractivity contribution in [3.8, 4) is 28.5 Å². The number of benzene rings is 4. The maximum Gasteiger partial charge on any atom is 0.259 e. The van der Waals surface area contributed by atoms with Crippen LogP contribution < -0.4 is 30.3 Å². The molecule has 3 N–H and O–H groups in total. The predicted molar refractivity (Wildman–Crippen MR) is 233 cm³/mol. The molecule has 15 nitrogen and oxygen atoms in total. The highest BCUT2D eigenvalue weighted by Gasteiger charge is 2.48. The van der Waals surface area contributed by atoms with Crippen LogP contribution >= 0.6 is 0 Å². The summed E-state index contributed by atoms with van der Waals surface area (Å²) in [6.45, 7) is 6.18. The Bertz CT molecular complexity index is 2860. The van der Waals surface area contributed by atoms with Gasteiger partial charge in [-0.3, -0.25) is 34.4 Å². The minimum atomic E-state index is -0.694. The van der Waals surface area contributed by atoms with Gasteiger partial charge in [0.2, 0.25) is 17.6 Å². The van der Waals surface area contributed by atoms with Crippen LogP contribution in [0.4, 0.5) is 21.6 Å². The fourth-order valence-corrected chi connectivity index (χ4v) is 11.2. The van der Waals surface area contributed by atoms with Crippen molar-refractivity contribution in [3.05, 3.63) is 90.5 Å². The zero-order chi connectivity index (χ0) is 42.7. The van der Waals surface area contributed by atoms with Gasteiger partial charge in [0.05, 0.1) is 29.8 Å². The van der Waals surface area contributed by atoms with E-state index in [-0.39, 0.29) is 35.8 Å². The van der Waals surface area contributed by atoms with Gasteiger partial charge in [0.1, 0.15) is 29.6 Å². The summed E-state index contributed by atoms with van der Waals surface area (Å²) < 4.78 is 27.8. The number of likely N-dealkylation sites (tertiary alicyclic amines) is 2. The predicted octanol–water partition coefficient (Wildman–Crippen LogP) is 5.39. The second-order valence-electron chi connectivity index (χ2n) is 17.9. The number of amides is 3. The van der Waals surface area contributed by atoms with Crippen LogP contribution in [-0.2, 0) is 9.59 Å². The highest BCUT2D eigenvalue weighted by atomic mass is 19.1. The van der Waals surface area contributed by atoms with Gasteiger partial charge in [-0.05, 0) is 85.7 Å². The molecule has 1 saturated carbocycles. The molecule has 0 spiro atoms. The van der Waals surface area contributed by atoms with E-state index in [1.54, 1.807) is 35.2 Å². The molecule has 6 aliphatic rings. The summed E-state index contributed by atoms with van der Waals surface area (Å²) in [6.07, 6.45) is 4.10. The van der Waals surface area contributed by atoms with Crippen molar-refractivity contribution in [2.45, 2.75) is 49.9 Å². The molecular weight excluding hydrogens is 804 g/mol. The number of nitrogens with zero attached hydrogens (tertiary/aromatic N) is 8. The van der Waals surface area contributed by atoms with Crippen LogP contribution in [0.3, 0.4) is 0 Å². The van der Waals surface area contributed by atoms with Crippen LogP contribution in [-0.4, -0.2) is 112 Å². The Morgan fingerprint density at radius 2 is 1.51 bits per heavy atom. The van der Waals surface area contributed by atoms with E-state index in [4.69, 9.17) is 20.3 Å². The van der Waals surface area contributed by atoms with Gasteiger partial charge in [0, 0.05) is 79.8 Å². The lowest BCUT2D eigenvalue weighted by atomic mass is 9.96. The maximum atomic E-state index is 14.8. The van der Waals surface area contributed by atoms with Gasteiger partial charge in [0.15, 0.2) is 17.1 Å². The largest absolute Gasteiger partial charge is 0.494 e. The summed E-state index contributed by atoms with van der Waals surface area (Å²) in [5, 5.41) is 10.2. The first-order chi connectivity index (χ1) is 30.7. The fraction of sp³-hybridized carbons (Fsp3) is 0.362. The summed E-state index contributed by atoms with van der Waals surface area (Å²) >= 11 is 0. The molecule has 4 aromatic carbocycles. The van der Waals surface area contributed by atoms with Crippen LogP contribution in [0.5, 0.6) is 17.2 Å². The molecule has 0 bridgehead atoms. The number of piperidine rings is 1. The molecular formula is C47H45FN10O5. The number of carbonyl (C=O) groups is 3. The SMILES string of the molecule is COc1cccc(Oc2ccc(-c3nn(C4CC5CN(C6CN(C7CN(c8ccc9c%10c(cccc8%10)N(C8CCC(=O)NC8=O)C9=O)C7)C6)CC5C4)c4ncnc(N)c34)cc2)c1F. The number of halogens is 1.